The van der Waals surface area contributed by atoms with Gasteiger partial charge in [0.25, 0.3) is 0 Å². The Balaban J connectivity index is 2.35. The van der Waals surface area contributed by atoms with E-state index in [0.717, 1.165) is 0 Å². The van der Waals surface area contributed by atoms with Crippen LogP contribution in [0.1, 0.15) is 12.6 Å². The molecule has 7 nitrogen and oxygen atoms in total. The Hall–Kier alpha value is -2.57. The minimum Gasteiger partial charge on any atom is -0.460 e. The topological polar surface area (TPSA) is 100 Å². The summed E-state index contributed by atoms with van der Waals surface area (Å²) in [4.78, 5) is 36.6. The van der Waals surface area contributed by atoms with Gasteiger partial charge in [-0.1, -0.05) is 6.58 Å². The van der Waals surface area contributed by atoms with Crippen LogP contribution in [0, 0.1) is 6.92 Å². The number of esters is 1. The second-order valence-corrected chi connectivity index (χ2v) is 4.21. The molecule has 0 fully saturated rings. The molecule has 0 aliphatic carbocycles. The minimum absolute atomic E-state index is 0.0451. The lowest BCUT2D eigenvalue weighted by Gasteiger charge is -2.08. The molecule has 0 bridgehead atoms. The fourth-order valence-electron chi connectivity index (χ4n) is 1.35. The van der Waals surface area contributed by atoms with Gasteiger partial charge in [0.15, 0.2) is 5.43 Å². The molecular weight excluding hydrogens is 262 g/mol. The highest BCUT2D eigenvalue weighted by atomic mass is 16.5. The van der Waals surface area contributed by atoms with Gasteiger partial charge in [-0.2, -0.15) is 0 Å². The first kappa shape index (κ1) is 15.5. The van der Waals surface area contributed by atoms with E-state index in [-0.39, 0.29) is 18.6 Å². The predicted molar refractivity (Wildman–Crippen MR) is 74.6 cm³/mol. The molecule has 1 heterocycles. The molecule has 0 unspecified atom stereocenters. The van der Waals surface area contributed by atoms with Gasteiger partial charge in [-0.15, -0.1) is 0 Å². The van der Waals surface area contributed by atoms with Gasteiger partial charge in [-0.3, -0.25) is 10.1 Å². The van der Waals surface area contributed by atoms with Gasteiger partial charge in [0.2, 0.25) is 0 Å². The molecule has 1 aromatic rings. The van der Waals surface area contributed by atoms with E-state index in [1.54, 1.807) is 6.92 Å². The van der Waals surface area contributed by atoms with Crippen molar-refractivity contribution in [3.05, 3.63) is 40.2 Å². The zero-order chi connectivity index (χ0) is 15.1. The van der Waals surface area contributed by atoms with Crippen LogP contribution < -0.4 is 16.1 Å². The smallest absolute Gasteiger partial charge is 0.333 e. The lowest BCUT2D eigenvalue weighted by atomic mass is 10.3. The number of amides is 2. The molecule has 3 N–H and O–H groups in total. The van der Waals surface area contributed by atoms with Crippen molar-refractivity contribution >= 4 is 17.8 Å². The summed E-state index contributed by atoms with van der Waals surface area (Å²) in [6, 6.07) is 2.19. The summed E-state index contributed by atoms with van der Waals surface area (Å²) < 4.78 is 4.80. The van der Waals surface area contributed by atoms with Crippen LogP contribution in [0.25, 0.3) is 0 Å². The molecule has 2 amide bonds. The summed E-state index contributed by atoms with van der Waals surface area (Å²) in [6.07, 6.45) is 0. The highest BCUT2D eigenvalue weighted by Crippen LogP contribution is 1.99. The maximum atomic E-state index is 11.5. The third kappa shape index (κ3) is 5.38. The number of carbonyl (C=O) groups is 2. The van der Waals surface area contributed by atoms with Gasteiger partial charge in [-0.05, 0) is 13.8 Å². The number of aromatic amines is 1. The largest absolute Gasteiger partial charge is 0.460 e. The average Bonchev–Trinajstić information content (AvgIpc) is 2.32. The highest BCUT2D eigenvalue weighted by Gasteiger charge is 2.05. The van der Waals surface area contributed by atoms with E-state index in [4.69, 9.17) is 4.74 Å². The molecule has 20 heavy (non-hydrogen) atoms. The molecule has 1 aromatic heterocycles. The zero-order valence-electron chi connectivity index (χ0n) is 11.4. The van der Waals surface area contributed by atoms with E-state index >= 15 is 0 Å². The second-order valence-electron chi connectivity index (χ2n) is 4.21. The monoisotopic (exact) mass is 279 g/mol. The van der Waals surface area contributed by atoms with Gasteiger partial charge in [0, 0.05) is 23.4 Å². The molecule has 0 radical (unpaired) electrons. The zero-order valence-corrected chi connectivity index (χ0v) is 11.4. The van der Waals surface area contributed by atoms with Crippen molar-refractivity contribution in [1.82, 2.24) is 10.3 Å². The van der Waals surface area contributed by atoms with Crippen LogP contribution in [0.5, 0.6) is 0 Å². The molecule has 0 aliphatic heterocycles. The van der Waals surface area contributed by atoms with Crippen LogP contribution in [0.4, 0.5) is 10.6 Å². The van der Waals surface area contributed by atoms with E-state index in [1.807, 2.05) is 0 Å². The fraction of sp³-hybridized carbons (Fsp3) is 0.308. The van der Waals surface area contributed by atoms with Crippen molar-refractivity contribution in [3.8, 4) is 0 Å². The number of carbonyl (C=O) groups excluding carboxylic acids is 2. The summed E-state index contributed by atoms with van der Waals surface area (Å²) in [5, 5.41) is 4.96. The average molecular weight is 279 g/mol. The van der Waals surface area contributed by atoms with Crippen molar-refractivity contribution in [1.29, 1.82) is 0 Å². The van der Waals surface area contributed by atoms with Crippen LogP contribution in [-0.2, 0) is 9.53 Å². The standard InChI is InChI=1S/C13H17N3O4/c1-8(2)12(18)20-5-4-14-13(19)16-11-7-10(17)6-9(3)15-11/h6-7H,1,4-5H2,2-3H3,(H3,14,15,16,17,19). The third-order valence-electron chi connectivity index (χ3n) is 2.19. The number of aryl methyl sites for hydroxylation is 1. The van der Waals surface area contributed by atoms with E-state index in [9.17, 15) is 14.4 Å². The Labute approximate surface area is 116 Å². The van der Waals surface area contributed by atoms with Crippen LogP contribution in [-0.4, -0.2) is 30.1 Å². The molecule has 1 rings (SSSR count). The Morgan fingerprint density at radius 3 is 2.70 bits per heavy atom. The first-order chi connectivity index (χ1) is 9.38. The maximum absolute atomic E-state index is 11.5. The molecule has 0 saturated heterocycles. The second kappa shape index (κ2) is 7.13. The quantitative estimate of drug-likeness (QED) is 0.424. The Kier molecular flexibility index (Phi) is 5.52. The van der Waals surface area contributed by atoms with E-state index in [1.165, 1.54) is 19.1 Å². The minimum atomic E-state index is -0.504. The Morgan fingerprint density at radius 2 is 2.10 bits per heavy atom. The number of hydrogen-bond acceptors (Lipinski definition) is 4. The molecule has 0 saturated carbocycles. The predicted octanol–water partition coefficient (Wildman–Crippen LogP) is 0.924. The maximum Gasteiger partial charge on any atom is 0.333 e. The van der Waals surface area contributed by atoms with Gasteiger partial charge in [-0.25, -0.2) is 9.59 Å². The molecule has 7 heteroatoms. The molecule has 0 atom stereocenters. The number of aromatic nitrogens is 1. The molecular formula is C13H17N3O4. The summed E-state index contributed by atoms with van der Waals surface area (Å²) in [5.74, 6) is -0.207. The van der Waals surface area contributed by atoms with Crippen molar-refractivity contribution in [2.24, 2.45) is 0 Å². The van der Waals surface area contributed by atoms with Crippen molar-refractivity contribution in [3.63, 3.8) is 0 Å². The number of anilines is 1. The summed E-state index contributed by atoms with van der Waals surface area (Å²) in [6.45, 7) is 6.88. The third-order valence-corrected chi connectivity index (χ3v) is 2.19. The fourth-order valence-corrected chi connectivity index (χ4v) is 1.35. The van der Waals surface area contributed by atoms with Crippen molar-refractivity contribution in [2.45, 2.75) is 13.8 Å². The number of ether oxygens (including phenoxy) is 1. The number of pyridine rings is 1. The van der Waals surface area contributed by atoms with Gasteiger partial charge >= 0.3 is 12.0 Å². The van der Waals surface area contributed by atoms with Gasteiger partial charge in [0.1, 0.15) is 12.4 Å². The lowest BCUT2D eigenvalue weighted by Crippen LogP contribution is -2.32. The van der Waals surface area contributed by atoms with Crippen LogP contribution in [0.15, 0.2) is 29.1 Å². The van der Waals surface area contributed by atoms with Gasteiger partial charge < -0.3 is 15.0 Å². The number of urea groups is 1. The van der Waals surface area contributed by atoms with Crippen LogP contribution >= 0.6 is 0 Å². The summed E-state index contributed by atoms with van der Waals surface area (Å²) in [5.41, 5.74) is 0.738. The Bertz CT molecular complexity index is 577. The van der Waals surface area contributed by atoms with Crippen LogP contribution in [0.2, 0.25) is 0 Å². The molecule has 0 aromatic carbocycles. The SMILES string of the molecule is C=C(C)C(=O)OCCNC(=O)Nc1cc(=O)cc(C)[nH]1. The number of nitrogens with one attached hydrogen (secondary N) is 3. The molecule has 0 aliphatic rings. The lowest BCUT2D eigenvalue weighted by molar-refractivity contribution is -0.138. The first-order valence-corrected chi connectivity index (χ1v) is 5.97. The highest BCUT2D eigenvalue weighted by molar-refractivity contribution is 5.88. The van der Waals surface area contributed by atoms with E-state index < -0.39 is 12.0 Å². The number of hydrogen-bond donors (Lipinski definition) is 3. The van der Waals surface area contributed by atoms with E-state index in [2.05, 4.69) is 22.2 Å². The number of H-pyrrole nitrogens is 1. The first-order valence-electron chi connectivity index (χ1n) is 5.97. The summed E-state index contributed by atoms with van der Waals surface area (Å²) >= 11 is 0. The number of rotatable bonds is 5. The van der Waals surface area contributed by atoms with Crippen molar-refractivity contribution < 1.29 is 14.3 Å². The molecule has 108 valence electrons. The summed E-state index contributed by atoms with van der Waals surface area (Å²) in [7, 11) is 0. The van der Waals surface area contributed by atoms with E-state index in [0.29, 0.717) is 17.1 Å². The Morgan fingerprint density at radius 1 is 1.40 bits per heavy atom. The van der Waals surface area contributed by atoms with Gasteiger partial charge in [0.05, 0.1) is 6.54 Å². The van der Waals surface area contributed by atoms with Crippen molar-refractivity contribution in [2.75, 3.05) is 18.5 Å². The normalized spacial score (nSPS) is 9.70. The molecule has 0 spiro atoms. The van der Waals surface area contributed by atoms with Crippen LogP contribution in [0.3, 0.4) is 0 Å².